The number of para-hydroxylation sites is 1. The van der Waals surface area contributed by atoms with E-state index in [0.29, 0.717) is 55.5 Å². The number of fused-ring (bicyclic) bond motifs is 1. The molecule has 10 nitrogen and oxygen atoms in total. The normalized spacial score (nSPS) is 18.3. The molecule has 1 fully saturated rings. The van der Waals surface area contributed by atoms with Crippen LogP contribution in [-0.4, -0.2) is 73.1 Å². The van der Waals surface area contributed by atoms with Gasteiger partial charge in [0.15, 0.2) is 5.13 Å². The van der Waals surface area contributed by atoms with E-state index in [1.807, 2.05) is 65.1 Å². The monoisotopic (exact) mass is 699 g/mol. The highest BCUT2D eigenvalue weighted by Gasteiger charge is 2.38. The van der Waals surface area contributed by atoms with Crippen LogP contribution in [0.1, 0.15) is 64.7 Å². The number of methoxy groups -OCH3 is 2. The Kier molecular flexibility index (Phi) is 10.8. The molecule has 5 rings (SSSR count). The highest BCUT2D eigenvalue weighted by atomic mass is 35.5. The minimum atomic E-state index is -0.562. The maximum absolute atomic E-state index is 12.8. The second-order valence-corrected chi connectivity index (χ2v) is 15.4. The second-order valence-electron chi connectivity index (χ2n) is 14.2. The van der Waals surface area contributed by atoms with Crippen molar-refractivity contribution in [3.63, 3.8) is 0 Å². The van der Waals surface area contributed by atoms with Crippen molar-refractivity contribution >= 4 is 40.1 Å². The van der Waals surface area contributed by atoms with Crippen LogP contribution in [-0.2, 0) is 38.6 Å². The molecule has 260 valence electrons. The van der Waals surface area contributed by atoms with Crippen LogP contribution in [0.2, 0.25) is 5.02 Å². The zero-order chi connectivity index (χ0) is 34.8. The van der Waals surface area contributed by atoms with Gasteiger partial charge in [0.25, 0.3) is 0 Å². The Bertz CT molecular complexity index is 1610. The summed E-state index contributed by atoms with van der Waals surface area (Å²) in [6.45, 7) is 13.6. The lowest BCUT2D eigenvalue weighted by Crippen LogP contribution is -2.49. The van der Waals surface area contributed by atoms with Gasteiger partial charge in [-0.15, -0.1) is 11.3 Å². The third-order valence-corrected chi connectivity index (χ3v) is 9.39. The molecule has 0 bridgehead atoms. The number of amides is 1. The van der Waals surface area contributed by atoms with Gasteiger partial charge in [-0.2, -0.15) is 0 Å². The Hall–Kier alpha value is -3.54. The van der Waals surface area contributed by atoms with E-state index in [-0.39, 0.29) is 30.7 Å². The molecule has 1 amide bonds. The van der Waals surface area contributed by atoms with Gasteiger partial charge in [0.2, 0.25) is 0 Å². The van der Waals surface area contributed by atoms with E-state index in [1.54, 1.807) is 25.2 Å². The van der Waals surface area contributed by atoms with Crippen molar-refractivity contribution < 1.29 is 33.3 Å². The lowest BCUT2D eigenvalue weighted by Gasteiger charge is -2.37. The molecule has 12 heteroatoms. The van der Waals surface area contributed by atoms with Gasteiger partial charge in [-0.05, 0) is 83.7 Å². The number of rotatable bonds is 8. The van der Waals surface area contributed by atoms with Gasteiger partial charge in [-0.25, -0.2) is 9.78 Å². The summed E-state index contributed by atoms with van der Waals surface area (Å²) < 4.78 is 29.1. The molecule has 2 atom stereocenters. The van der Waals surface area contributed by atoms with Crippen LogP contribution in [0, 0.1) is 5.92 Å². The van der Waals surface area contributed by atoms with E-state index in [0.717, 1.165) is 33.1 Å². The predicted octanol–water partition coefficient (Wildman–Crippen LogP) is 7.53. The molecule has 0 radical (unpaired) electrons. The molecular weight excluding hydrogens is 654 g/mol. The molecule has 0 saturated carbocycles. The van der Waals surface area contributed by atoms with Gasteiger partial charge >= 0.3 is 12.1 Å². The number of carbonyl (C=O) groups excluding carboxylic acids is 2. The van der Waals surface area contributed by atoms with Crippen LogP contribution < -0.4 is 14.4 Å². The van der Waals surface area contributed by atoms with Crippen molar-refractivity contribution in [2.24, 2.45) is 5.92 Å². The Morgan fingerprint density at radius 2 is 1.79 bits per heavy atom. The lowest BCUT2D eigenvalue weighted by atomic mass is 9.93. The molecule has 2 aromatic carbocycles. The molecule has 0 spiro atoms. The number of aromatic nitrogens is 1. The molecule has 3 aromatic rings. The van der Waals surface area contributed by atoms with Gasteiger partial charge in [0.1, 0.15) is 29.3 Å². The summed E-state index contributed by atoms with van der Waals surface area (Å²) in [7, 11) is 3.26. The lowest BCUT2D eigenvalue weighted by molar-refractivity contribution is -0.165. The first-order valence-corrected chi connectivity index (χ1v) is 17.5. The van der Waals surface area contributed by atoms with E-state index < -0.39 is 11.2 Å². The number of piperidine rings is 1. The van der Waals surface area contributed by atoms with E-state index in [2.05, 4.69) is 11.0 Å². The van der Waals surface area contributed by atoms with Crippen molar-refractivity contribution in [3.05, 3.63) is 57.4 Å². The topological polar surface area (TPSA) is 99.7 Å². The fourth-order valence-corrected chi connectivity index (χ4v) is 7.06. The third kappa shape index (κ3) is 8.54. The van der Waals surface area contributed by atoms with Crippen LogP contribution in [0.15, 0.2) is 35.7 Å². The number of halogens is 1. The number of anilines is 1. The summed E-state index contributed by atoms with van der Waals surface area (Å²) in [6.07, 6.45) is 0.649. The SMILES string of the molecule is COc1cc(COc2c(Cl)cccc2-c2csc(N3CC[C@H](C(=O)OC(C)(C)C)[C@H](OC)C3)n2)cc2c1CN(C(=O)OC(C)(C)C)CC2. The van der Waals surface area contributed by atoms with Crippen LogP contribution in [0.3, 0.4) is 0 Å². The van der Waals surface area contributed by atoms with E-state index in [9.17, 15) is 9.59 Å². The molecule has 2 aliphatic heterocycles. The quantitative estimate of drug-likeness (QED) is 0.221. The Morgan fingerprint density at radius 3 is 2.48 bits per heavy atom. The number of ether oxygens (including phenoxy) is 5. The first kappa shape index (κ1) is 35.8. The van der Waals surface area contributed by atoms with Crippen LogP contribution in [0.5, 0.6) is 11.5 Å². The molecule has 2 aliphatic rings. The Morgan fingerprint density at radius 1 is 1.04 bits per heavy atom. The molecule has 48 heavy (non-hydrogen) atoms. The molecule has 0 unspecified atom stereocenters. The summed E-state index contributed by atoms with van der Waals surface area (Å²) in [5.41, 5.74) is 3.44. The standard InChI is InChI=1S/C36H46ClN3O7S/c1-35(2,3)46-32(41)25-13-15-39(19-30(25)44-8)33-38-28(21-48-33)24-10-9-11-27(37)31(24)45-20-22-16-23-12-14-40(34(42)47-36(4,5)6)18-26(23)29(17-22)43-7/h9-11,16-17,21,25,30H,12-15,18-20H2,1-8H3/t25-,30+/m0/s1. The highest BCUT2D eigenvalue weighted by Crippen LogP contribution is 2.40. The number of carbonyl (C=O) groups is 2. The van der Waals surface area contributed by atoms with Gasteiger partial charge in [-0.3, -0.25) is 4.79 Å². The van der Waals surface area contributed by atoms with Crippen LogP contribution in [0.4, 0.5) is 9.93 Å². The number of nitrogens with zero attached hydrogens (tertiary/aromatic N) is 3. The first-order chi connectivity index (χ1) is 22.7. The summed E-state index contributed by atoms with van der Waals surface area (Å²) in [6, 6.07) is 9.69. The number of hydrogen-bond acceptors (Lipinski definition) is 10. The van der Waals surface area contributed by atoms with Crippen molar-refractivity contribution in [2.75, 3.05) is 38.8 Å². The minimum Gasteiger partial charge on any atom is -0.496 e. The highest BCUT2D eigenvalue weighted by molar-refractivity contribution is 7.14. The van der Waals surface area contributed by atoms with Gasteiger partial charge in [0.05, 0.1) is 36.4 Å². The van der Waals surface area contributed by atoms with Crippen molar-refractivity contribution in [3.8, 4) is 22.8 Å². The number of esters is 1. The summed E-state index contributed by atoms with van der Waals surface area (Å²) in [5, 5.41) is 3.31. The fraction of sp³-hybridized carbons (Fsp3) is 0.528. The zero-order valence-corrected chi connectivity index (χ0v) is 30.6. The van der Waals surface area contributed by atoms with Crippen molar-refractivity contribution in [1.29, 1.82) is 0 Å². The van der Waals surface area contributed by atoms with Gasteiger partial charge in [-0.1, -0.05) is 23.7 Å². The molecule has 0 N–H and O–H groups in total. The smallest absolute Gasteiger partial charge is 0.410 e. The van der Waals surface area contributed by atoms with Crippen molar-refractivity contribution in [2.45, 2.75) is 84.8 Å². The molecule has 0 aliphatic carbocycles. The van der Waals surface area contributed by atoms with Crippen LogP contribution >= 0.6 is 22.9 Å². The summed E-state index contributed by atoms with van der Waals surface area (Å²) in [4.78, 5) is 34.4. The molecule has 1 aromatic heterocycles. The Labute approximate surface area is 292 Å². The largest absolute Gasteiger partial charge is 0.496 e. The minimum absolute atomic E-state index is 0.228. The van der Waals surface area contributed by atoms with E-state index in [4.69, 9.17) is 40.3 Å². The predicted molar refractivity (Wildman–Crippen MR) is 187 cm³/mol. The van der Waals surface area contributed by atoms with Crippen LogP contribution in [0.25, 0.3) is 11.3 Å². The fourth-order valence-electron chi connectivity index (χ4n) is 5.96. The molecular formula is C36H46ClN3O7S. The summed E-state index contributed by atoms with van der Waals surface area (Å²) in [5.74, 6) is 0.688. The van der Waals surface area contributed by atoms with Gasteiger partial charge < -0.3 is 33.5 Å². The number of thiazole rings is 1. The maximum Gasteiger partial charge on any atom is 0.410 e. The van der Waals surface area contributed by atoms with Gasteiger partial charge in [0, 0.05) is 43.3 Å². The maximum atomic E-state index is 12.8. The van der Waals surface area contributed by atoms with E-state index >= 15 is 0 Å². The zero-order valence-electron chi connectivity index (χ0n) is 29.1. The number of benzene rings is 2. The van der Waals surface area contributed by atoms with E-state index in [1.165, 1.54) is 11.3 Å². The third-order valence-electron chi connectivity index (χ3n) is 8.19. The Balaban J connectivity index is 1.29. The average Bonchev–Trinajstić information content (AvgIpc) is 3.51. The number of hydrogen-bond donors (Lipinski definition) is 0. The first-order valence-electron chi connectivity index (χ1n) is 16.2. The summed E-state index contributed by atoms with van der Waals surface area (Å²) >= 11 is 8.23. The second kappa shape index (κ2) is 14.5. The van der Waals surface area contributed by atoms with Crippen molar-refractivity contribution in [1.82, 2.24) is 9.88 Å². The molecule has 3 heterocycles. The average molecular weight is 700 g/mol. The molecule has 1 saturated heterocycles.